The lowest BCUT2D eigenvalue weighted by Gasteiger charge is -2.27. The lowest BCUT2D eigenvalue weighted by molar-refractivity contribution is 0.362. The van der Waals surface area contributed by atoms with Crippen molar-refractivity contribution < 1.29 is 13.5 Å². The molecule has 132 valence electrons. The quantitative estimate of drug-likeness (QED) is 0.561. The van der Waals surface area contributed by atoms with Crippen LogP contribution in [0.1, 0.15) is 44.1 Å². The smallest absolute Gasteiger partial charge is 0.167 e. The fourth-order valence-electron chi connectivity index (χ4n) is 3.62. The van der Waals surface area contributed by atoms with Crippen molar-refractivity contribution in [3.05, 3.63) is 66.3 Å². The minimum atomic E-state index is -0.769. The lowest BCUT2D eigenvalue weighted by atomic mass is 9.78. The van der Waals surface area contributed by atoms with Gasteiger partial charge in [0.2, 0.25) is 0 Å². The van der Waals surface area contributed by atoms with Crippen molar-refractivity contribution >= 4 is 10.8 Å². The van der Waals surface area contributed by atoms with Gasteiger partial charge in [0.25, 0.3) is 0 Å². The fourth-order valence-corrected chi connectivity index (χ4v) is 3.62. The fraction of sp³-hybridized carbons (Fsp3) is 0.364. The monoisotopic (exact) mass is 342 g/mol. The zero-order valence-electron chi connectivity index (χ0n) is 14.6. The van der Waals surface area contributed by atoms with Gasteiger partial charge in [-0.25, -0.2) is 8.78 Å². The molecule has 1 aliphatic rings. The molecule has 1 nitrogen and oxygen atoms in total. The minimum absolute atomic E-state index is 0.0840. The highest BCUT2D eigenvalue weighted by molar-refractivity contribution is 5.85. The van der Waals surface area contributed by atoms with E-state index in [2.05, 4.69) is 6.58 Å². The van der Waals surface area contributed by atoms with Gasteiger partial charge in [-0.3, -0.25) is 0 Å². The molecule has 0 aromatic heterocycles. The highest BCUT2D eigenvalue weighted by Crippen LogP contribution is 2.39. The van der Waals surface area contributed by atoms with E-state index >= 15 is 0 Å². The molecule has 1 aliphatic carbocycles. The molecule has 0 bridgehead atoms. The Labute approximate surface area is 148 Å². The van der Waals surface area contributed by atoms with Crippen molar-refractivity contribution in [2.24, 2.45) is 5.92 Å². The number of benzene rings is 2. The predicted octanol–water partition coefficient (Wildman–Crippen LogP) is 6.53. The van der Waals surface area contributed by atoms with Gasteiger partial charge in [0.1, 0.15) is 12.4 Å². The summed E-state index contributed by atoms with van der Waals surface area (Å²) in [5, 5.41) is 0.997. The van der Waals surface area contributed by atoms with E-state index in [9.17, 15) is 8.78 Å². The van der Waals surface area contributed by atoms with E-state index in [1.54, 1.807) is 6.07 Å². The highest BCUT2D eigenvalue weighted by Gasteiger charge is 2.25. The Morgan fingerprint density at radius 3 is 2.56 bits per heavy atom. The third-order valence-corrected chi connectivity index (χ3v) is 5.15. The van der Waals surface area contributed by atoms with Crippen LogP contribution in [-0.2, 0) is 0 Å². The number of ether oxygens (including phenoxy) is 1. The number of halogens is 2. The molecule has 0 aliphatic heterocycles. The molecular weight excluding hydrogens is 318 g/mol. The van der Waals surface area contributed by atoms with Crippen LogP contribution in [-0.4, -0.2) is 6.61 Å². The van der Waals surface area contributed by atoms with Crippen LogP contribution in [0.4, 0.5) is 8.78 Å². The summed E-state index contributed by atoms with van der Waals surface area (Å²) < 4.78 is 34.9. The van der Waals surface area contributed by atoms with Gasteiger partial charge in [-0.05, 0) is 73.6 Å². The van der Waals surface area contributed by atoms with E-state index in [0.717, 1.165) is 31.1 Å². The Hall–Kier alpha value is -2.16. The first-order valence-corrected chi connectivity index (χ1v) is 8.92. The largest absolute Gasteiger partial charge is 0.490 e. The number of rotatable bonds is 5. The van der Waals surface area contributed by atoms with Crippen LogP contribution in [0.25, 0.3) is 10.8 Å². The second-order valence-electron chi connectivity index (χ2n) is 6.70. The summed E-state index contributed by atoms with van der Waals surface area (Å²) in [6, 6.07) is 7.00. The van der Waals surface area contributed by atoms with E-state index < -0.39 is 11.6 Å². The summed E-state index contributed by atoms with van der Waals surface area (Å²) in [6.07, 6.45) is 9.46. The molecule has 1 fully saturated rings. The molecule has 1 saturated carbocycles. The van der Waals surface area contributed by atoms with E-state index in [-0.39, 0.29) is 11.3 Å². The molecule has 0 atom stereocenters. The van der Waals surface area contributed by atoms with Crippen LogP contribution in [0.3, 0.4) is 0 Å². The van der Waals surface area contributed by atoms with E-state index in [0.29, 0.717) is 23.8 Å². The maximum absolute atomic E-state index is 14.7. The van der Waals surface area contributed by atoms with Gasteiger partial charge in [-0.2, -0.15) is 0 Å². The number of fused-ring (bicyclic) bond motifs is 1. The average molecular weight is 342 g/mol. The van der Waals surface area contributed by atoms with Crippen LogP contribution in [0.15, 0.2) is 49.1 Å². The van der Waals surface area contributed by atoms with Crippen molar-refractivity contribution in [3.8, 4) is 5.75 Å². The summed E-state index contributed by atoms with van der Waals surface area (Å²) >= 11 is 0. The van der Waals surface area contributed by atoms with Gasteiger partial charge in [-0.15, -0.1) is 6.58 Å². The third-order valence-electron chi connectivity index (χ3n) is 5.15. The zero-order chi connectivity index (χ0) is 17.8. The molecule has 25 heavy (non-hydrogen) atoms. The van der Waals surface area contributed by atoms with E-state index in [4.69, 9.17) is 4.74 Å². The normalized spacial score (nSPS) is 20.9. The Morgan fingerprint density at radius 2 is 1.88 bits per heavy atom. The summed E-state index contributed by atoms with van der Waals surface area (Å²) in [5.74, 6) is -0.347. The number of allylic oxidation sites excluding steroid dienone is 2. The first-order chi connectivity index (χ1) is 12.1. The molecule has 2 aromatic carbocycles. The van der Waals surface area contributed by atoms with Crippen LogP contribution >= 0.6 is 0 Å². The molecule has 0 spiro atoms. The Balaban J connectivity index is 1.90. The maximum Gasteiger partial charge on any atom is 0.167 e. The second-order valence-corrected chi connectivity index (χ2v) is 6.70. The predicted molar refractivity (Wildman–Crippen MR) is 99.1 cm³/mol. The van der Waals surface area contributed by atoms with Crippen molar-refractivity contribution in [1.82, 2.24) is 0 Å². The molecule has 0 amide bonds. The molecule has 3 heteroatoms. The van der Waals surface area contributed by atoms with Crippen LogP contribution in [0.5, 0.6) is 5.75 Å². The summed E-state index contributed by atoms with van der Waals surface area (Å²) in [5.41, 5.74) is 0.509. The highest BCUT2D eigenvalue weighted by atomic mass is 19.2. The van der Waals surface area contributed by atoms with Crippen molar-refractivity contribution in [3.63, 3.8) is 0 Å². The average Bonchev–Trinajstić information content (AvgIpc) is 2.65. The van der Waals surface area contributed by atoms with Gasteiger partial charge in [0.15, 0.2) is 11.6 Å². The lowest BCUT2D eigenvalue weighted by Crippen LogP contribution is -2.13. The van der Waals surface area contributed by atoms with Gasteiger partial charge < -0.3 is 4.74 Å². The molecule has 3 rings (SSSR count). The first kappa shape index (κ1) is 17.7. The van der Waals surface area contributed by atoms with Gasteiger partial charge >= 0.3 is 0 Å². The maximum atomic E-state index is 14.7. The SMILES string of the molecule is C=CC1CCC(c2cc3ccc(OCC=CC)cc3c(F)c2F)CC1. The second kappa shape index (κ2) is 7.81. The van der Waals surface area contributed by atoms with Crippen LogP contribution in [0, 0.1) is 17.6 Å². The third kappa shape index (κ3) is 3.76. The molecule has 0 unspecified atom stereocenters. The van der Waals surface area contributed by atoms with E-state index in [1.807, 2.05) is 43.4 Å². The molecule has 0 saturated heterocycles. The standard InChI is InChI=1S/C22H24F2O/c1-3-5-12-25-18-11-10-17-13-19(21(23)22(24)20(17)14-18)16-8-6-15(4-2)7-9-16/h3-5,10-11,13-16H,2,6-9,12H2,1H3. The van der Waals surface area contributed by atoms with Crippen LogP contribution < -0.4 is 4.74 Å². The molecule has 0 N–H and O–H groups in total. The Morgan fingerprint density at radius 1 is 1.12 bits per heavy atom. The Kier molecular flexibility index (Phi) is 5.52. The van der Waals surface area contributed by atoms with Crippen LogP contribution in [0.2, 0.25) is 0 Å². The van der Waals surface area contributed by atoms with Gasteiger partial charge in [0.05, 0.1) is 0 Å². The van der Waals surface area contributed by atoms with Crippen molar-refractivity contribution in [2.75, 3.05) is 6.61 Å². The van der Waals surface area contributed by atoms with Crippen molar-refractivity contribution in [1.29, 1.82) is 0 Å². The summed E-state index contributed by atoms with van der Waals surface area (Å²) in [4.78, 5) is 0. The van der Waals surface area contributed by atoms with E-state index in [1.165, 1.54) is 0 Å². The summed E-state index contributed by atoms with van der Waals surface area (Å²) in [7, 11) is 0. The topological polar surface area (TPSA) is 9.23 Å². The first-order valence-electron chi connectivity index (χ1n) is 8.92. The molecule has 0 radical (unpaired) electrons. The zero-order valence-corrected chi connectivity index (χ0v) is 14.6. The summed E-state index contributed by atoms with van der Waals surface area (Å²) in [6.45, 7) is 6.16. The number of hydrogen-bond acceptors (Lipinski definition) is 1. The molecule has 2 aromatic rings. The number of hydrogen-bond donors (Lipinski definition) is 0. The Bertz CT molecular complexity index is 786. The molecule has 0 heterocycles. The van der Waals surface area contributed by atoms with Crippen molar-refractivity contribution in [2.45, 2.75) is 38.5 Å². The molecular formula is C22H24F2O. The van der Waals surface area contributed by atoms with Gasteiger partial charge in [-0.1, -0.05) is 24.3 Å². The van der Waals surface area contributed by atoms with Gasteiger partial charge in [0, 0.05) is 5.39 Å². The minimum Gasteiger partial charge on any atom is -0.490 e.